The average molecular weight is 480 g/mol. The molecule has 0 atom stereocenters. The summed E-state index contributed by atoms with van der Waals surface area (Å²) in [6, 6.07) is 13.9. The van der Waals surface area contributed by atoms with Gasteiger partial charge in [0.2, 0.25) is 0 Å². The Morgan fingerprint density at radius 1 is 0.972 bits per heavy atom. The normalized spacial score (nSPS) is 13.9. The SMILES string of the molecule is Cn1ncc2c(N3CCN(C(=O)c4cn(Cc5ccccc5)nc4-c4cccnc4)CC3)ncnc21. The number of amides is 1. The lowest BCUT2D eigenvalue weighted by Crippen LogP contribution is -2.49. The monoisotopic (exact) mass is 479 g/mol. The van der Waals surface area contributed by atoms with Crippen LogP contribution in [-0.2, 0) is 13.6 Å². The van der Waals surface area contributed by atoms with Crippen molar-refractivity contribution in [3.8, 4) is 11.3 Å². The number of carbonyl (C=O) groups is 1. The third kappa shape index (κ3) is 4.06. The third-order valence-electron chi connectivity index (χ3n) is 6.49. The highest BCUT2D eigenvalue weighted by atomic mass is 16.2. The zero-order chi connectivity index (χ0) is 24.5. The first-order valence-electron chi connectivity index (χ1n) is 11.9. The van der Waals surface area contributed by atoms with Crippen LogP contribution in [0.5, 0.6) is 0 Å². The Morgan fingerprint density at radius 3 is 2.58 bits per heavy atom. The lowest BCUT2D eigenvalue weighted by Gasteiger charge is -2.35. The first-order valence-corrected chi connectivity index (χ1v) is 11.9. The van der Waals surface area contributed by atoms with Crippen LogP contribution in [0.2, 0.25) is 0 Å². The number of hydrogen-bond acceptors (Lipinski definition) is 7. The molecule has 1 fully saturated rings. The van der Waals surface area contributed by atoms with Crippen molar-refractivity contribution in [2.24, 2.45) is 7.05 Å². The fourth-order valence-corrected chi connectivity index (χ4v) is 4.64. The van der Waals surface area contributed by atoms with Gasteiger partial charge in [-0.2, -0.15) is 10.2 Å². The molecule has 1 aromatic carbocycles. The number of carbonyl (C=O) groups excluding carboxylic acids is 1. The molecular formula is C26H25N9O. The van der Waals surface area contributed by atoms with Crippen LogP contribution >= 0.6 is 0 Å². The molecule has 6 rings (SSSR count). The molecule has 0 radical (unpaired) electrons. The van der Waals surface area contributed by atoms with E-state index in [1.54, 1.807) is 29.6 Å². The quantitative estimate of drug-likeness (QED) is 0.382. The molecule has 10 nitrogen and oxygen atoms in total. The van der Waals surface area contributed by atoms with Gasteiger partial charge in [0.15, 0.2) is 5.65 Å². The van der Waals surface area contributed by atoms with Crippen LogP contribution in [-0.4, -0.2) is 71.5 Å². The number of pyridine rings is 1. The molecule has 5 aromatic rings. The van der Waals surface area contributed by atoms with Crippen molar-refractivity contribution < 1.29 is 4.79 Å². The average Bonchev–Trinajstić information content (AvgIpc) is 3.53. The first kappa shape index (κ1) is 21.9. The maximum atomic E-state index is 13.7. The minimum atomic E-state index is -0.0259. The molecule has 36 heavy (non-hydrogen) atoms. The first-order chi connectivity index (χ1) is 17.7. The Bertz CT molecular complexity index is 1500. The summed E-state index contributed by atoms with van der Waals surface area (Å²) in [6.45, 7) is 3.10. The van der Waals surface area contributed by atoms with Crippen molar-refractivity contribution in [2.75, 3.05) is 31.1 Å². The van der Waals surface area contributed by atoms with Crippen molar-refractivity contribution in [2.45, 2.75) is 6.54 Å². The molecule has 0 bridgehead atoms. The fraction of sp³-hybridized carbons (Fsp3) is 0.231. The molecule has 1 saturated heterocycles. The van der Waals surface area contributed by atoms with Crippen LogP contribution < -0.4 is 4.90 Å². The number of fused-ring (bicyclic) bond motifs is 1. The largest absolute Gasteiger partial charge is 0.352 e. The van der Waals surface area contributed by atoms with Gasteiger partial charge in [-0.25, -0.2) is 9.97 Å². The lowest BCUT2D eigenvalue weighted by atomic mass is 10.1. The molecule has 10 heteroatoms. The molecule has 0 N–H and O–H groups in total. The summed E-state index contributed by atoms with van der Waals surface area (Å²) in [4.78, 5) is 30.9. The van der Waals surface area contributed by atoms with Gasteiger partial charge in [0.05, 0.1) is 23.7 Å². The summed E-state index contributed by atoms with van der Waals surface area (Å²) >= 11 is 0. The van der Waals surface area contributed by atoms with Gasteiger partial charge < -0.3 is 9.80 Å². The Kier molecular flexibility index (Phi) is 5.61. The summed E-state index contributed by atoms with van der Waals surface area (Å²) in [5.74, 6) is 0.828. The highest BCUT2D eigenvalue weighted by molar-refractivity contribution is 6.00. The smallest absolute Gasteiger partial charge is 0.257 e. The highest BCUT2D eigenvalue weighted by Gasteiger charge is 2.28. The van der Waals surface area contributed by atoms with Gasteiger partial charge >= 0.3 is 0 Å². The molecule has 180 valence electrons. The molecule has 4 aromatic heterocycles. The van der Waals surface area contributed by atoms with Gasteiger partial charge in [0, 0.05) is 57.4 Å². The molecule has 5 heterocycles. The fourth-order valence-electron chi connectivity index (χ4n) is 4.64. The van der Waals surface area contributed by atoms with E-state index in [1.165, 1.54) is 0 Å². The number of hydrogen-bond donors (Lipinski definition) is 0. The van der Waals surface area contributed by atoms with E-state index in [2.05, 4.69) is 37.1 Å². The number of nitrogens with zero attached hydrogens (tertiary/aromatic N) is 9. The van der Waals surface area contributed by atoms with E-state index in [-0.39, 0.29) is 5.91 Å². The number of benzene rings is 1. The maximum absolute atomic E-state index is 13.7. The lowest BCUT2D eigenvalue weighted by molar-refractivity contribution is 0.0747. The van der Waals surface area contributed by atoms with Gasteiger partial charge in [-0.1, -0.05) is 30.3 Å². The zero-order valence-electron chi connectivity index (χ0n) is 19.9. The van der Waals surface area contributed by atoms with Crippen molar-refractivity contribution in [3.63, 3.8) is 0 Å². The third-order valence-corrected chi connectivity index (χ3v) is 6.49. The van der Waals surface area contributed by atoms with Gasteiger partial charge in [-0.3, -0.25) is 19.1 Å². The van der Waals surface area contributed by atoms with Crippen LogP contribution in [0.1, 0.15) is 15.9 Å². The zero-order valence-corrected chi connectivity index (χ0v) is 19.9. The van der Waals surface area contributed by atoms with E-state index >= 15 is 0 Å². The topological polar surface area (TPSA) is 97.9 Å². The summed E-state index contributed by atoms with van der Waals surface area (Å²) in [6.07, 6.45) is 8.69. The standard InChI is InChI=1S/C26H25N9O/c1-32-24-21(15-30-32)25(29-18-28-24)33-10-12-34(13-11-33)26(36)22-17-35(16-19-6-3-2-4-7-19)31-23(22)20-8-5-9-27-14-20/h2-9,14-15,17-18H,10-13,16H2,1H3. The van der Waals surface area contributed by atoms with E-state index in [0.717, 1.165) is 28.0 Å². The van der Waals surface area contributed by atoms with E-state index < -0.39 is 0 Å². The van der Waals surface area contributed by atoms with Crippen LogP contribution in [0.3, 0.4) is 0 Å². The Labute approximate surface area is 207 Å². The van der Waals surface area contributed by atoms with Crippen molar-refractivity contribution in [3.05, 3.63) is 84.7 Å². The number of aryl methyl sites for hydroxylation is 1. The van der Waals surface area contributed by atoms with Gasteiger partial charge in [-0.15, -0.1) is 0 Å². The van der Waals surface area contributed by atoms with Crippen LogP contribution in [0.15, 0.2) is 73.6 Å². The van der Waals surface area contributed by atoms with Crippen molar-refractivity contribution in [1.29, 1.82) is 0 Å². The van der Waals surface area contributed by atoms with Crippen LogP contribution in [0, 0.1) is 0 Å². The molecule has 1 aliphatic heterocycles. The molecule has 1 amide bonds. The second-order valence-corrected chi connectivity index (χ2v) is 8.80. The molecule has 0 saturated carbocycles. The van der Waals surface area contributed by atoms with Gasteiger partial charge in [0.25, 0.3) is 5.91 Å². The summed E-state index contributed by atoms with van der Waals surface area (Å²) < 4.78 is 3.58. The highest BCUT2D eigenvalue weighted by Crippen LogP contribution is 2.26. The predicted octanol–water partition coefficient (Wildman–Crippen LogP) is 2.63. The Hall–Kier alpha value is -4.60. The predicted molar refractivity (Wildman–Crippen MR) is 135 cm³/mol. The second kappa shape index (κ2) is 9.21. The van der Waals surface area contributed by atoms with E-state index in [4.69, 9.17) is 5.10 Å². The maximum Gasteiger partial charge on any atom is 0.257 e. The minimum Gasteiger partial charge on any atom is -0.352 e. The molecule has 1 aliphatic rings. The number of aromatic nitrogens is 7. The Morgan fingerprint density at radius 2 is 1.81 bits per heavy atom. The summed E-state index contributed by atoms with van der Waals surface area (Å²) in [5.41, 5.74) is 3.98. The van der Waals surface area contributed by atoms with Crippen molar-refractivity contribution in [1.82, 2.24) is 39.4 Å². The van der Waals surface area contributed by atoms with E-state index in [9.17, 15) is 4.79 Å². The Balaban J connectivity index is 1.24. The van der Waals surface area contributed by atoms with E-state index in [1.807, 2.05) is 53.2 Å². The summed E-state index contributed by atoms with van der Waals surface area (Å²) in [7, 11) is 1.87. The minimum absolute atomic E-state index is 0.0259. The number of anilines is 1. The number of rotatable bonds is 5. The number of piperazine rings is 1. The van der Waals surface area contributed by atoms with Crippen molar-refractivity contribution >= 4 is 22.8 Å². The summed E-state index contributed by atoms with van der Waals surface area (Å²) in [5, 5.41) is 10.0. The second-order valence-electron chi connectivity index (χ2n) is 8.80. The van der Waals surface area contributed by atoms with Gasteiger partial charge in [0.1, 0.15) is 17.8 Å². The van der Waals surface area contributed by atoms with Gasteiger partial charge in [-0.05, 0) is 17.7 Å². The van der Waals surface area contributed by atoms with Crippen LogP contribution in [0.4, 0.5) is 5.82 Å². The molecule has 0 spiro atoms. The molecule has 0 aliphatic carbocycles. The van der Waals surface area contributed by atoms with E-state index in [0.29, 0.717) is 44.0 Å². The molecule has 0 unspecified atom stereocenters. The molecular weight excluding hydrogens is 454 g/mol. The van der Waals surface area contributed by atoms with Crippen LogP contribution in [0.25, 0.3) is 22.3 Å².